The molecule has 1 atom stereocenters. The Morgan fingerprint density at radius 3 is 2.28 bits per heavy atom. The zero-order valence-corrected chi connectivity index (χ0v) is 27.6. The molecule has 0 saturated heterocycles. The largest absolute Gasteiger partial charge is 0.482 e. The fourth-order valence-electron chi connectivity index (χ4n) is 5.00. The lowest BCUT2D eigenvalue weighted by molar-refractivity contribution is -0.145. The summed E-state index contributed by atoms with van der Waals surface area (Å²) in [6, 6.07) is 27.4. The number of hydrogen-bond acceptors (Lipinski definition) is 6. The zero-order valence-electron chi connectivity index (χ0n) is 26.0. The Balaban J connectivity index is 1.42. The molecule has 0 aliphatic rings. The Morgan fingerprint density at radius 1 is 0.891 bits per heavy atom. The molecule has 46 heavy (non-hydrogen) atoms. The van der Waals surface area contributed by atoms with E-state index in [0.717, 1.165) is 48.8 Å². The van der Waals surface area contributed by atoms with Crippen LogP contribution < -0.4 is 4.74 Å². The van der Waals surface area contributed by atoms with Crippen molar-refractivity contribution in [2.45, 2.75) is 50.4 Å². The minimum absolute atomic E-state index is 0.0156. The number of ether oxygens (including phenoxy) is 2. The summed E-state index contributed by atoms with van der Waals surface area (Å²) in [5, 5.41) is 0.971. The van der Waals surface area contributed by atoms with Gasteiger partial charge in [-0.25, -0.2) is 9.78 Å². The van der Waals surface area contributed by atoms with Gasteiger partial charge < -0.3 is 9.47 Å². The molecule has 5 aromatic rings. The third-order valence-corrected chi connectivity index (χ3v) is 10.1. The number of aromatic nitrogens is 1. The van der Waals surface area contributed by atoms with E-state index in [1.807, 2.05) is 56.3 Å². The summed E-state index contributed by atoms with van der Waals surface area (Å²) in [7, 11) is 0. The predicted octanol–water partition coefficient (Wildman–Crippen LogP) is 10.4. The fourth-order valence-corrected chi connectivity index (χ4v) is 7.61. The van der Waals surface area contributed by atoms with E-state index < -0.39 is 17.7 Å². The van der Waals surface area contributed by atoms with Crippen LogP contribution in [0.3, 0.4) is 0 Å². The normalized spacial score (nSPS) is 12.2. The van der Waals surface area contributed by atoms with E-state index in [1.165, 1.54) is 17.7 Å². The molecule has 0 bridgehead atoms. The highest BCUT2D eigenvalue weighted by Gasteiger charge is 2.30. The third kappa shape index (κ3) is 8.39. The van der Waals surface area contributed by atoms with Crippen molar-refractivity contribution in [1.29, 1.82) is 0 Å². The number of hydrogen-bond donors (Lipinski definition) is 0. The molecule has 0 saturated carbocycles. The topological polar surface area (TPSA) is 48.4 Å². The number of rotatable bonds is 11. The number of halogens is 3. The molecule has 0 fully saturated rings. The van der Waals surface area contributed by atoms with Gasteiger partial charge in [0.2, 0.25) is 0 Å². The Morgan fingerprint density at radius 2 is 1.61 bits per heavy atom. The quantitative estimate of drug-likeness (QED) is 0.104. The molecule has 4 aromatic carbocycles. The number of aryl methyl sites for hydroxylation is 3. The van der Waals surface area contributed by atoms with E-state index in [4.69, 9.17) is 14.5 Å². The third-order valence-electron chi connectivity index (χ3n) is 7.40. The lowest BCUT2D eigenvalue weighted by Crippen LogP contribution is -2.14. The number of alkyl halides is 3. The number of nitrogens with zero attached hydrogens (tertiary/aromatic N) is 1. The van der Waals surface area contributed by atoms with Gasteiger partial charge in [-0.2, -0.15) is 13.2 Å². The van der Waals surface area contributed by atoms with Gasteiger partial charge >= 0.3 is 12.1 Å². The number of carbonyl (C=O) groups is 1. The van der Waals surface area contributed by atoms with Gasteiger partial charge in [0.1, 0.15) is 10.8 Å². The van der Waals surface area contributed by atoms with Gasteiger partial charge in [-0.1, -0.05) is 66.2 Å². The van der Waals surface area contributed by atoms with Crippen LogP contribution in [0.4, 0.5) is 13.2 Å². The highest BCUT2D eigenvalue weighted by atomic mass is 32.2. The maximum Gasteiger partial charge on any atom is 0.416 e. The average molecular weight is 662 g/mol. The fraction of sp³-hybridized carbons (Fsp3) is 0.243. The van der Waals surface area contributed by atoms with Crippen molar-refractivity contribution in [2.75, 3.05) is 13.2 Å². The predicted molar refractivity (Wildman–Crippen MR) is 180 cm³/mol. The van der Waals surface area contributed by atoms with Crippen molar-refractivity contribution < 1.29 is 27.4 Å². The molecule has 1 heterocycles. The Labute approximate surface area is 275 Å². The average Bonchev–Trinajstić information content (AvgIpc) is 3.42. The number of thioether (sulfide) groups is 1. The van der Waals surface area contributed by atoms with Crippen LogP contribution in [0.1, 0.15) is 45.0 Å². The molecule has 238 valence electrons. The van der Waals surface area contributed by atoms with Crippen LogP contribution in [0, 0.1) is 20.8 Å². The summed E-state index contributed by atoms with van der Waals surface area (Å²) in [4.78, 5) is 18.9. The molecule has 0 aliphatic carbocycles. The van der Waals surface area contributed by atoms with Gasteiger partial charge in [0.05, 0.1) is 17.9 Å². The smallest absolute Gasteiger partial charge is 0.416 e. The standard InChI is InChI=1S/C37H34F3NO3S2/c1-5-43-34(42)22-44-32-18-17-31(19-24(32)3)45-33(35-25(4)41-36(46-35)28-13-9-23(2)10-14-28)20-26-11-15-27(16-12-26)29-7-6-8-30(21-29)37(38,39)40/h6-19,21,33H,5,20,22H2,1-4H3. The van der Waals surface area contributed by atoms with E-state index in [2.05, 4.69) is 31.2 Å². The molecule has 0 spiro atoms. The molecule has 5 rings (SSSR count). The number of esters is 1. The van der Waals surface area contributed by atoms with Gasteiger partial charge in [0.25, 0.3) is 0 Å². The first kappa shape index (κ1) is 33.3. The van der Waals surface area contributed by atoms with Crippen molar-refractivity contribution in [3.8, 4) is 27.4 Å². The van der Waals surface area contributed by atoms with Crippen LogP contribution in [0.5, 0.6) is 5.75 Å². The van der Waals surface area contributed by atoms with Crippen molar-refractivity contribution in [3.63, 3.8) is 0 Å². The second kappa shape index (κ2) is 14.6. The van der Waals surface area contributed by atoms with Crippen LogP contribution in [0.2, 0.25) is 0 Å². The first-order chi connectivity index (χ1) is 22.0. The van der Waals surface area contributed by atoms with Crippen molar-refractivity contribution in [1.82, 2.24) is 4.98 Å². The molecule has 0 radical (unpaired) electrons. The van der Waals surface area contributed by atoms with E-state index in [0.29, 0.717) is 24.3 Å². The Hall–Kier alpha value is -4.08. The van der Waals surface area contributed by atoms with Gasteiger partial charge in [-0.15, -0.1) is 23.1 Å². The Kier molecular flexibility index (Phi) is 10.5. The summed E-state index contributed by atoms with van der Waals surface area (Å²) < 4.78 is 50.6. The number of carbonyl (C=O) groups excluding carboxylic acids is 1. The summed E-state index contributed by atoms with van der Waals surface area (Å²) in [5.41, 5.74) is 5.76. The summed E-state index contributed by atoms with van der Waals surface area (Å²) in [6.45, 7) is 7.94. The zero-order chi connectivity index (χ0) is 32.8. The highest BCUT2D eigenvalue weighted by molar-refractivity contribution is 7.99. The second-order valence-electron chi connectivity index (χ2n) is 10.9. The molecule has 0 amide bonds. The van der Waals surface area contributed by atoms with Crippen LogP contribution in [-0.2, 0) is 22.1 Å². The van der Waals surface area contributed by atoms with Gasteiger partial charge in [0, 0.05) is 20.6 Å². The van der Waals surface area contributed by atoms with E-state index in [1.54, 1.807) is 36.1 Å². The molecule has 1 aromatic heterocycles. The van der Waals surface area contributed by atoms with E-state index in [9.17, 15) is 18.0 Å². The van der Waals surface area contributed by atoms with Crippen molar-refractivity contribution in [3.05, 3.63) is 124 Å². The van der Waals surface area contributed by atoms with E-state index in [-0.39, 0.29) is 11.9 Å². The van der Waals surface area contributed by atoms with Crippen LogP contribution in [0.15, 0.2) is 95.9 Å². The molecular formula is C37H34F3NO3S2. The maximum atomic E-state index is 13.3. The van der Waals surface area contributed by atoms with Crippen LogP contribution in [-0.4, -0.2) is 24.2 Å². The molecule has 9 heteroatoms. The number of benzene rings is 4. The summed E-state index contributed by atoms with van der Waals surface area (Å²) in [5.74, 6) is 0.208. The molecule has 0 aliphatic heterocycles. The highest BCUT2D eigenvalue weighted by Crippen LogP contribution is 2.44. The second-order valence-corrected chi connectivity index (χ2v) is 13.2. The van der Waals surface area contributed by atoms with Crippen molar-refractivity contribution >= 4 is 29.1 Å². The first-order valence-corrected chi connectivity index (χ1v) is 16.6. The lowest BCUT2D eigenvalue weighted by Gasteiger charge is -2.18. The molecule has 4 nitrogen and oxygen atoms in total. The SMILES string of the molecule is CCOC(=O)COc1ccc(SC(Cc2ccc(-c3cccc(C(F)(F)F)c3)cc2)c2sc(-c3ccc(C)cc3)nc2C)cc1C. The van der Waals surface area contributed by atoms with Gasteiger partial charge in [-0.05, 0) is 86.7 Å². The number of thiazole rings is 1. The van der Waals surface area contributed by atoms with Gasteiger partial charge in [0.15, 0.2) is 6.61 Å². The first-order valence-electron chi connectivity index (χ1n) is 14.9. The monoisotopic (exact) mass is 661 g/mol. The minimum Gasteiger partial charge on any atom is -0.482 e. The molecule has 0 N–H and O–H groups in total. The summed E-state index contributed by atoms with van der Waals surface area (Å²) in [6.07, 6.45) is -3.71. The van der Waals surface area contributed by atoms with Crippen LogP contribution in [0.25, 0.3) is 21.7 Å². The van der Waals surface area contributed by atoms with Crippen molar-refractivity contribution in [2.24, 2.45) is 0 Å². The Bertz CT molecular complexity index is 1800. The minimum atomic E-state index is -4.39. The lowest BCUT2D eigenvalue weighted by atomic mass is 10.00. The van der Waals surface area contributed by atoms with Gasteiger partial charge in [-0.3, -0.25) is 0 Å². The molecule has 1 unspecified atom stereocenters. The van der Waals surface area contributed by atoms with E-state index >= 15 is 0 Å². The maximum absolute atomic E-state index is 13.3. The summed E-state index contributed by atoms with van der Waals surface area (Å²) >= 11 is 3.40. The molecular weight excluding hydrogens is 628 g/mol. The van der Waals surface area contributed by atoms with Crippen LogP contribution >= 0.6 is 23.1 Å².